The molecule has 0 unspecified atom stereocenters. The highest BCUT2D eigenvalue weighted by atomic mass is 16.5. The fraction of sp³-hybridized carbons (Fsp3) is 0.500. The number of nitrogens with one attached hydrogen (secondary N) is 1. The number of esters is 1. The summed E-state index contributed by atoms with van der Waals surface area (Å²) in [6.45, 7) is 6.80. The molecule has 0 radical (unpaired) electrons. The highest BCUT2D eigenvalue weighted by Crippen LogP contribution is 2.15. The summed E-state index contributed by atoms with van der Waals surface area (Å²) in [7, 11) is 0. The van der Waals surface area contributed by atoms with Crippen LogP contribution in [0.3, 0.4) is 0 Å². The molecule has 1 aromatic rings. The molecule has 82 valence electrons. The fourth-order valence-electron chi connectivity index (χ4n) is 0.735. The second kappa shape index (κ2) is 3.84. The van der Waals surface area contributed by atoms with E-state index >= 15 is 0 Å². The Bertz CT molecular complexity index is 429. The number of carbonyl (C=O) groups excluding carboxylic acids is 1. The Morgan fingerprint density at radius 1 is 1.47 bits per heavy atom. The number of H-pyrrole nitrogens is 1. The van der Waals surface area contributed by atoms with Gasteiger partial charge in [-0.2, -0.15) is 0 Å². The van der Waals surface area contributed by atoms with Gasteiger partial charge in [0.25, 0.3) is 5.56 Å². The normalized spacial score (nSPS) is 11.2. The van der Waals surface area contributed by atoms with Crippen molar-refractivity contribution in [1.82, 2.24) is 9.97 Å². The lowest BCUT2D eigenvalue weighted by Crippen LogP contribution is -2.27. The predicted octanol–water partition coefficient (Wildman–Crippen LogP) is 1.03. The van der Waals surface area contributed by atoms with Gasteiger partial charge in [-0.15, -0.1) is 0 Å². The minimum Gasteiger partial charge on any atom is -0.392 e. The van der Waals surface area contributed by atoms with Gasteiger partial charge in [0.15, 0.2) is 0 Å². The molecular weight excluding hydrogens is 196 g/mol. The van der Waals surface area contributed by atoms with Crippen LogP contribution in [0.4, 0.5) is 0 Å². The van der Waals surface area contributed by atoms with Crippen molar-refractivity contribution in [2.45, 2.75) is 27.7 Å². The topological polar surface area (TPSA) is 72.0 Å². The summed E-state index contributed by atoms with van der Waals surface area (Å²) in [4.78, 5) is 28.8. The zero-order valence-electron chi connectivity index (χ0n) is 9.25. The smallest absolute Gasteiger partial charge is 0.318 e. The first-order valence-electron chi connectivity index (χ1n) is 4.59. The first-order valence-corrected chi connectivity index (χ1v) is 4.59. The molecule has 0 bridgehead atoms. The molecule has 0 atom stereocenters. The second-order valence-corrected chi connectivity index (χ2v) is 4.34. The largest absolute Gasteiger partial charge is 0.392 e. The van der Waals surface area contributed by atoms with Crippen LogP contribution in [0.2, 0.25) is 0 Å². The number of carbonyl (C=O) groups is 1. The molecule has 15 heavy (non-hydrogen) atoms. The Balaban J connectivity index is 2.87. The lowest BCUT2D eigenvalue weighted by molar-refractivity contribution is -0.143. The molecule has 1 rings (SSSR count). The van der Waals surface area contributed by atoms with Gasteiger partial charge in [0.2, 0.25) is 0 Å². The second-order valence-electron chi connectivity index (χ2n) is 4.34. The Kier molecular flexibility index (Phi) is 2.93. The van der Waals surface area contributed by atoms with Crippen molar-refractivity contribution >= 4 is 5.97 Å². The van der Waals surface area contributed by atoms with Crippen LogP contribution >= 0.6 is 0 Å². The van der Waals surface area contributed by atoms with Crippen molar-refractivity contribution in [3.8, 4) is 6.01 Å². The first kappa shape index (κ1) is 11.4. The van der Waals surface area contributed by atoms with E-state index in [1.54, 1.807) is 27.7 Å². The molecule has 5 heteroatoms. The number of aromatic nitrogens is 2. The van der Waals surface area contributed by atoms with Gasteiger partial charge in [-0.3, -0.25) is 14.6 Å². The van der Waals surface area contributed by atoms with Gasteiger partial charge < -0.3 is 4.74 Å². The van der Waals surface area contributed by atoms with Crippen LogP contribution in [0.15, 0.2) is 11.0 Å². The van der Waals surface area contributed by atoms with Crippen molar-refractivity contribution in [1.29, 1.82) is 0 Å². The quantitative estimate of drug-likeness (QED) is 0.703. The third kappa shape index (κ3) is 2.90. The van der Waals surface area contributed by atoms with Crippen LogP contribution in [0.5, 0.6) is 6.01 Å². The van der Waals surface area contributed by atoms with Crippen LogP contribution in [0.25, 0.3) is 0 Å². The Labute approximate surface area is 87.5 Å². The van der Waals surface area contributed by atoms with E-state index in [0.717, 1.165) is 0 Å². The predicted molar refractivity (Wildman–Crippen MR) is 54.7 cm³/mol. The molecule has 1 N–H and O–H groups in total. The summed E-state index contributed by atoms with van der Waals surface area (Å²) in [6, 6.07) is -0.0643. The van der Waals surface area contributed by atoms with Gasteiger partial charge in [0, 0.05) is 11.8 Å². The van der Waals surface area contributed by atoms with Gasteiger partial charge >= 0.3 is 12.0 Å². The number of aryl methyl sites for hydroxylation is 1. The van der Waals surface area contributed by atoms with Crippen molar-refractivity contribution in [2.75, 3.05) is 0 Å². The number of hydrogen-bond acceptors (Lipinski definition) is 4. The molecule has 0 aliphatic rings. The number of ether oxygens (including phenoxy) is 1. The zero-order chi connectivity index (χ0) is 11.6. The van der Waals surface area contributed by atoms with E-state index in [4.69, 9.17) is 4.74 Å². The molecule has 0 saturated heterocycles. The van der Waals surface area contributed by atoms with Gasteiger partial charge in [-0.05, 0) is 27.7 Å². The maximum atomic E-state index is 11.4. The van der Waals surface area contributed by atoms with Gasteiger partial charge in [0.05, 0.1) is 5.41 Å². The molecule has 0 aliphatic carbocycles. The van der Waals surface area contributed by atoms with E-state index in [-0.39, 0.29) is 11.6 Å². The molecular formula is C10H14N2O3. The average molecular weight is 210 g/mol. The van der Waals surface area contributed by atoms with Crippen molar-refractivity contribution in [3.05, 3.63) is 22.1 Å². The number of rotatable bonds is 1. The summed E-state index contributed by atoms with van der Waals surface area (Å²) >= 11 is 0. The summed E-state index contributed by atoms with van der Waals surface area (Å²) in [5, 5.41) is 0. The van der Waals surface area contributed by atoms with Crippen LogP contribution < -0.4 is 10.3 Å². The van der Waals surface area contributed by atoms with Gasteiger partial charge in [-0.1, -0.05) is 0 Å². The maximum absolute atomic E-state index is 11.4. The first-order chi connectivity index (χ1) is 6.80. The molecule has 0 spiro atoms. The Morgan fingerprint density at radius 2 is 2.07 bits per heavy atom. The van der Waals surface area contributed by atoms with Crippen LogP contribution in [-0.4, -0.2) is 15.9 Å². The monoisotopic (exact) mass is 210 g/mol. The van der Waals surface area contributed by atoms with E-state index in [9.17, 15) is 9.59 Å². The van der Waals surface area contributed by atoms with Crippen LogP contribution in [-0.2, 0) is 4.79 Å². The molecule has 1 aromatic heterocycles. The van der Waals surface area contributed by atoms with E-state index in [1.165, 1.54) is 6.20 Å². The molecule has 1 heterocycles. The van der Waals surface area contributed by atoms with Gasteiger partial charge in [0.1, 0.15) is 0 Å². The summed E-state index contributed by atoms with van der Waals surface area (Å²) in [5.74, 6) is -0.436. The molecule has 0 aliphatic heterocycles. The van der Waals surface area contributed by atoms with E-state index in [1.807, 2.05) is 0 Å². The Morgan fingerprint density at radius 3 is 2.53 bits per heavy atom. The summed E-state index contributed by atoms with van der Waals surface area (Å²) in [6.07, 6.45) is 1.37. The molecule has 5 nitrogen and oxygen atoms in total. The standard InChI is InChI=1S/C10H14N2O3/c1-6-5-11-9(12-7(6)13)15-8(14)10(2,3)4/h5H,1-4H3,(H,11,12,13). The SMILES string of the molecule is Cc1cnc(OC(=O)C(C)(C)C)[nH]c1=O. The van der Waals surface area contributed by atoms with Crippen molar-refractivity contribution < 1.29 is 9.53 Å². The van der Waals surface area contributed by atoms with Gasteiger partial charge in [-0.25, -0.2) is 4.98 Å². The molecule has 0 aromatic carbocycles. The number of hydrogen-bond donors (Lipinski definition) is 1. The number of nitrogens with zero attached hydrogens (tertiary/aromatic N) is 1. The summed E-state index contributed by atoms with van der Waals surface area (Å²) < 4.78 is 4.91. The zero-order valence-corrected chi connectivity index (χ0v) is 9.25. The minimum atomic E-state index is -0.622. The molecule has 0 amide bonds. The lowest BCUT2D eigenvalue weighted by Gasteiger charge is -2.15. The third-order valence-electron chi connectivity index (χ3n) is 1.76. The minimum absolute atomic E-state index is 0.0643. The third-order valence-corrected chi connectivity index (χ3v) is 1.76. The van der Waals surface area contributed by atoms with E-state index < -0.39 is 11.4 Å². The lowest BCUT2D eigenvalue weighted by atomic mass is 9.98. The number of aromatic amines is 1. The fourth-order valence-corrected chi connectivity index (χ4v) is 0.735. The van der Waals surface area contributed by atoms with E-state index in [0.29, 0.717) is 5.56 Å². The highest BCUT2D eigenvalue weighted by Gasteiger charge is 2.24. The maximum Gasteiger partial charge on any atom is 0.318 e. The van der Waals surface area contributed by atoms with E-state index in [2.05, 4.69) is 9.97 Å². The van der Waals surface area contributed by atoms with Crippen LogP contribution in [0, 0.1) is 12.3 Å². The highest BCUT2D eigenvalue weighted by molar-refractivity contribution is 5.77. The van der Waals surface area contributed by atoms with Crippen molar-refractivity contribution in [3.63, 3.8) is 0 Å². The van der Waals surface area contributed by atoms with Crippen LogP contribution in [0.1, 0.15) is 26.3 Å². The Hall–Kier alpha value is -1.65. The van der Waals surface area contributed by atoms with Crippen molar-refractivity contribution in [2.24, 2.45) is 5.41 Å². The average Bonchev–Trinajstić information content (AvgIpc) is 2.10. The molecule has 0 saturated carbocycles. The summed E-state index contributed by atoms with van der Waals surface area (Å²) in [5.41, 5.74) is -0.448. The molecule has 0 fully saturated rings.